The van der Waals surface area contributed by atoms with Crippen LogP contribution in [-0.4, -0.2) is 16.2 Å². The number of aliphatic hydroxyl groups is 1. The normalized spacial score (nSPS) is 12.5. The fourth-order valence-electron chi connectivity index (χ4n) is 1.00. The molecule has 0 fully saturated rings. The van der Waals surface area contributed by atoms with Crippen LogP contribution in [-0.2, 0) is 4.79 Å². The predicted molar refractivity (Wildman–Crippen MR) is 51.3 cm³/mol. The molecule has 1 atom stereocenters. The Morgan fingerprint density at radius 2 is 2.21 bits per heavy atom. The van der Waals surface area contributed by atoms with Crippen molar-refractivity contribution in [3.63, 3.8) is 0 Å². The number of rotatable bonds is 3. The van der Waals surface area contributed by atoms with E-state index in [0.717, 1.165) is 0 Å². The third kappa shape index (κ3) is 2.78. The largest absolute Gasteiger partial charge is 0.481 e. The van der Waals surface area contributed by atoms with Gasteiger partial charge in [0.2, 0.25) is 0 Å². The van der Waals surface area contributed by atoms with Crippen molar-refractivity contribution in [1.82, 2.24) is 0 Å². The highest BCUT2D eigenvalue weighted by Crippen LogP contribution is 2.22. The highest BCUT2D eigenvalue weighted by molar-refractivity contribution is 9.10. The van der Waals surface area contributed by atoms with Crippen LogP contribution in [0.2, 0.25) is 0 Å². The van der Waals surface area contributed by atoms with E-state index >= 15 is 0 Å². The summed E-state index contributed by atoms with van der Waals surface area (Å²) < 4.78 is 13.0. The van der Waals surface area contributed by atoms with Gasteiger partial charge in [-0.1, -0.05) is 6.07 Å². The lowest BCUT2D eigenvalue weighted by molar-refractivity contribution is -0.139. The van der Waals surface area contributed by atoms with Crippen molar-refractivity contribution in [2.75, 3.05) is 0 Å². The molecule has 0 aliphatic heterocycles. The molecule has 0 aromatic heterocycles. The van der Waals surface area contributed by atoms with Gasteiger partial charge in [0.25, 0.3) is 0 Å². The first-order chi connectivity index (χ1) is 6.50. The first-order valence-corrected chi connectivity index (χ1v) is 4.65. The van der Waals surface area contributed by atoms with Gasteiger partial charge in [0.1, 0.15) is 5.82 Å². The number of carboxylic acid groups (broad SMARTS) is 1. The Balaban J connectivity index is 2.85. The quantitative estimate of drug-likeness (QED) is 0.877. The molecule has 0 aliphatic carbocycles. The average Bonchev–Trinajstić information content (AvgIpc) is 2.08. The maximum absolute atomic E-state index is 12.8. The molecule has 2 N–H and O–H groups in total. The van der Waals surface area contributed by atoms with Crippen LogP contribution in [0, 0.1) is 5.82 Å². The number of carbonyl (C=O) groups is 1. The van der Waals surface area contributed by atoms with Gasteiger partial charge in [0, 0.05) is 0 Å². The minimum absolute atomic E-state index is 0.208. The predicted octanol–water partition coefficient (Wildman–Crippen LogP) is 2.10. The van der Waals surface area contributed by atoms with Crippen molar-refractivity contribution < 1.29 is 19.4 Å². The van der Waals surface area contributed by atoms with Crippen LogP contribution in [0.1, 0.15) is 18.1 Å². The SMILES string of the molecule is O=C(O)C[C@H](O)c1ccc(F)c(Br)c1. The van der Waals surface area contributed by atoms with Crippen LogP contribution in [0.4, 0.5) is 4.39 Å². The van der Waals surface area contributed by atoms with E-state index in [1.807, 2.05) is 0 Å². The molecule has 0 bridgehead atoms. The smallest absolute Gasteiger partial charge is 0.306 e. The van der Waals surface area contributed by atoms with Gasteiger partial charge in [0.15, 0.2) is 0 Å². The van der Waals surface area contributed by atoms with Gasteiger partial charge in [-0.15, -0.1) is 0 Å². The van der Waals surface area contributed by atoms with Crippen molar-refractivity contribution in [2.45, 2.75) is 12.5 Å². The van der Waals surface area contributed by atoms with E-state index < -0.39 is 24.3 Å². The Labute approximate surface area is 88.3 Å². The molecule has 1 rings (SSSR count). The lowest BCUT2D eigenvalue weighted by atomic mass is 10.1. The van der Waals surface area contributed by atoms with Gasteiger partial charge in [0.05, 0.1) is 17.0 Å². The summed E-state index contributed by atoms with van der Waals surface area (Å²) >= 11 is 2.95. The molecule has 0 unspecified atom stereocenters. The summed E-state index contributed by atoms with van der Waals surface area (Å²) in [7, 11) is 0. The van der Waals surface area contributed by atoms with Crippen molar-refractivity contribution in [3.8, 4) is 0 Å². The maximum Gasteiger partial charge on any atom is 0.306 e. The molecule has 14 heavy (non-hydrogen) atoms. The van der Waals surface area contributed by atoms with Gasteiger partial charge in [-0.3, -0.25) is 4.79 Å². The number of hydrogen-bond donors (Lipinski definition) is 2. The molecule has 0 amide bonds. The Bertz CT molecular complexity index is 354. The molecule has 0 radical (unpaired) electrons. The lowest BCUT2D eigenvalue weighted by Gasteiger charge is -2.08. The van der Waals surface area contributed by atoms with E-state index in [1.165, 1.54) is 18.2 Å². The molecule has 3 nitrogen and oxygen atoms in total. The second-order valence-corrected chi connectivity index (χ2v) is 3.64. The van der Waals surface area contributed by atoms with Crippen LogP contribution < -0.4 is 0 Å². The molecule has 0 spiro atoms. The summed E-state index contributed by atoms with van der Waals surface area (Å²) in [6.07, 6.45) is -1.50. The minimum atomic E-state index is -1.11. The average molecular weight is 263 g/mol. The van der Waals surface area contributed by atoms with E-state index in [0.29, 0.717) is 5.56 Å². The summed E-state index contributed by atoms with van der Waals surface area (Å²) in [4.78, 5) is 10.3. The van der Waals surface area contributed by atoms with Gasteiger partial charge < -0.3 is 10.2 Å². The number of aliphatic hydroxyl groups excluding tert-OH is 1. The monoisotopic (exact) mass is 262 g/mol. The molecule has 0 saturated carbocycles. The second kappa shape index (κ2) is 4.52. The number of benzene rings is 1. The number of aliphatic carboxylic acids is 1. The van der Waals surface area contributed by atoms with E-state index in [2.05, 4.69) is 15.9 Å². The van der Waals surface area contributed by atoms with Crippen molar-refractivity contribution in [2.24, 2.45) is 0 Å². The topological polar surface area (TPSA) is 57.5 Å². The highest BCUT2D eigenvalue weighted by atomic mass is 79.9. The number of carboxylic acids is 1. The van der Waals surface area contributed by atoms with Crippen LogP contribution in [0.3, 0.4) is 0 Å². The van der Waals surface area contributed by atoms with Crippen LogP contribution in [0.15, 0.2) is 22.7 Å². The molecular weight excluding hydrogens is 255 g/mol. The zero-order chi connectivity index (χ0) is 10.7. The summed E-state index contributed by atoms with van der Waals surface area (Å²) in [5, 5.41) is 17.8. The van der Waals surface area contributed by atoms with Gasteiger partial charge in [-0.2, -0.15) is 0 Å². The zero-order valence-corrected chi connectivity index (χ0v) is 8.66. The third-order valence-corrected chi connectivity index (χ3v) is 2.30. The standard InChI is InChI=1S/C9H8BrFO3/c10-6-3-5(1-2-7(6)11)8(12)4-9(13)14/h1-3,8,12H,4H2,(H,13,14)/t8-/m0/s1. The Morgan fingerprint density at radius 1 is 1.57 bits per heavy atom. The maximum atomic E-state index is 12.8. The van der Waals surface area contributed by atoms with Crippen LogP contribution in [0.25, 0.3) is 0 Å². The molecular formula is C9H8BrFO3. The minimum Gasteiger partial charge on any atom is -0.481 e. The summed E-state index contributed by atoms with van der Waals surface area (Å²) in [5.74, 6) is -1.55. The number of halogens is 2. The highest BCUT2D eigenvalue weighted by Gasteiger charge is 2.13. The molecule has 1 aromatic rings. The van der Waals surface area contributed by atoms with Crippen molar-refractivity contribution in [1.29, 1.82) is 0 Å². The van der Waals surface area contributed by atoms with E-state index in [1.54, 1.807) is 0 Å². The Hall–Kier alpha value is -0.940. The molecule has 0 aliphatic rings. The Kier molecular flexibility index (Phi) is 3.60. The van der Waals surface area contributed by atoms with E-state index in [4.69, 9.17) is 5.11 Å². The lowest BCUT2D eigenvalue weighted by Crippen LogP contribution is -2.05. The molecule has 76 valence electrons. The molecule has 0 saturated heterocycles. The first kappa shape index (κ1) is 11.1. The fraction of sp³-hybridized carbons (Fsp3) is 0.222. The van der Waals surface area contributed by atoms with Crippen LogP contribution >= 0.6 is 15.9 Å². The van der Waals surface area contributed by atoms with Crippen molar-refractivity contribution >= 4 is 21.9 Å². The second-order valence-electron chi connectivity index (χ2n) is 2.79. The van der Waals surface area contributed by atoms with E-state index in [-0.39, 0.29) is 4.47 Å². The Morgan fingerprint density at radius 3 is 2.71 bits per heavy atom. The van der Waals surface area contributed by atoms with Gasteiger partial charge in [-0.25, -0.2) is 4.39 Å². The molecule has 1 aromatic carbocycles. The van der Waals surface area contributed by atoms with Gasteiger partial charge >= 0.3 is 5.97 Å². The van der Waals surface area contributed by atoms with Gasteiger partial charge in [-0.05, 0) is 33.6 Å². The molecule has 0 heterocycles. The third-order valence-electron chi connectivity index (χ3n) is 1.70. The van der Waals surface area contributed by atoms with E-state index in [9.17, 15) is 14.3 Å². The summed E-state index contributed by atoms with van der Waals surface area (Å²) in [6, 6.07) is 3.89. The fourth-order valence-corrected chi connectivity index (χ4v) is 1.40. The first-order valence-electron chi connectivity index (χ1n) is 3.85. The van der Waals surface area contributed by atoms with Crippen LogP contribution in [0.5, 0.6) is 0 Å². The van der Waals surface area contributed by atoms with Crippen molar-refractivity contribution in [3.05, 3.63) is 34.1 Å². The summed E-state index contributed by atoms with van der Waals surface area (Å²) in [6.45, 7) is 0. The molecule has 5 heteroatoms. The zero-order valence-electron chi connectivity index (χ0n) is 7.08. The summed E-state index contributed by atoms with van der Waals surface area (Å²) in [5.41, 5.74) is 0.376. The number of hydrogen-bond acceptors (Lipinski definition) is 2.